The Kier molecular flexibility index (Phi) is 3.59. The smallest absolute Gasteiger partial charge is 0.369 e. The van der Waals surface area contributed by atoms with Gasteiger partial charge in [0.15, 0.2) is 5.69 Å². The molecule has 2 N–H and O–H groups in total. The van der Waals surface area contributed by atoms with E-state index in [1.54, 1.807) is 4.90 Å². The molecule has 19 heavy (non-hydrogen) atoms. The largest absolute Gasteiger partial charge is 0.434 e. The molecule has 0 aliphatic carbocycles. The van der Waals surface area contributed by atoms with Gasteiger partial charge in [-0.15, -0.1) is 0 Å². The molecular weight excluding hydrogens is 261 g/mol. The summed E-state index contributed by atoms with van der Waals surface area (Å²) in [5.41, 5.74) is 4.20. The minimum absolute atomic E-state index is 0.168. The average Bonchev–Trinajstić information content (AvgIpc) is 2.38. The molecule has 0 radical (unpaired) electrons. The minimum Gasteiger partial charge on any atom is -0.369 e. The predicted molar refractivity (Wildman–Crippen MR) is 61.2 cm³/mol. The highest BCUT2D eigenvalue weighted by Crippen LogP contribution is 2.28. The molecule has 0 atom stereocenters. The van der Waals surface area contributed by atoms with Gasteiger partial charge in [0.25, 0.3) is 0 Å². The number of nitrogens with zero attached hydrogens (tertiary/aromatic N) is 3. The highest BCUT2D eigenvalue weighted by atomic mass is 19.4. The fourth-order valence-electron chi connectivity index (χ4n) is 2.02. The Morgan fingerprint density at radius 1 is 1.26 bits per heavy atom. The van der Waals surface area contributed by atoms with Crippen LogP contribution in [0.4, 0.5) is 19.0 Å². The molecule has 0 spiro atoms. The third kappa shape index (κ3) is 3.12. The molecule has 1 aliphatic heterocycles. The molecule has 8 heteroatoms. The summed E-state index contributed by atoms with van der Waals surface area (Å²) < 4.78 is 37.0. The molecule has 2 heterocycles. The molecule has 5 nitrogen and oxygen atoms in total. The lowest BCUT2D eigenvalue weighted by Crippen LogP contribution is -2.39. The summed E-state index contributed by atoms with van der Waals surface area (Å²) in [6.07, 6.45) is -1.50. The number of carbonyl (C=O) groups is 1. The second-order valence-corrected chi connectivity index (χ2v) is 4.42. The number of aromatic nitrogens is 2. The Bertz CT molecular complexity index is 452. The van der Waals surface area contributed by atoms with E-state index in [0.717, 1.165) is 12.4 Å². The first-order chi connectivity index (χ1) is 8.88. The van der Waals surface area contributed by atoms with Gasteiger partial charge in [-0.3, -0.25) is 4.79 Å². The van der Waals surface area contributed by atoms with Crippen LogP contribution in [0.25, 0.3) is 0 Å². The van der Waals surface area contributed by atoms with Crippen LogP contribution in [0, 0.1) is 5.92 Å². The summed E-state index contributed by atoms with van der Waals surface area (Å²) in [5.74, 6) is -0.118. The number of alkyl halides is 3. The molecule has 2 rings (SSSR count). The van der Waals surface area contributed by atoms with Gasteiger partial charge in [0, 0.05) is 19.0 Å². The van der Waals surface area contributed by atoms with Crippen molar-refractivity contribution in [3.63, 3.8) is 0 Å². The number of carbonyl (C=O) groups excluding carboxylic acids is 1. The zero-order valence-electron chi connectivity index (χ0n) is 10.0. The van der Waals surface area contributed by atoms with Crippen LogP contribution in [-0.2, 0) is 11.0 Å². The van der Waals surface area contributed by atoms with E-state index in [-0.39, 0.29) is 11.8 Å². The van der Waals surface area contributed by atoms with Crippen LogP contribution in [0.15, 0.2) is 12.4 Å². The Morgan fingerprint density at radius 2 is 1.89 bits per heavy atom. The minimum atomic E-state index is -4.48. The van der Waals surface area contributed by atoms with Crippen molar-refractivity contribution >= 4 is 11.7 Å². The standard InChI is InChI=1S/C11H13F3N4O/c12-11(13,14)8-5-17-9(6-16-8)18-3-1-7(2-4-18)10(15)19/h5-7H,1-4H2,(H2,15,19). The molecule has 0 saturated carbocycles. The van der Waals surface area contributed by atoms with Crippen molar-refractivity contribution in [1.82, 2.24) is 9.97 Å². The van der Waals surface area contributed by atoms with Crippen LogP contribution in [0.5, 0.6) is 0 Å². The number of amides is 1. The number of piperidine rings is 1. The van der Waals surface area contributed by atoms with Gasteiger partial charge >= 0.3 is 6.18 Å². The monoisotopic (exact) mass is 274 g/mol. The summed E-state index contributed by atoms with van der Waals surface area (Å²) in [4.78, 5) is 19.9. The van der Waals surface area contributed by atoms with Crippen molar-refractivity contribution in [2.75, 3.05) is 18.0 Å². The van der Waals surface area contributed by atoms with Crippen LogP contribution < -0.4 is 10.6 Å². The molecule has 1 aromatic heterocycles. The Labute approximate surface area is 107 Å². The second-order valence-electron chi connectivity index (χ2n) is 4.42. The van der Waals surface area contributed by atoms with Gasteiger partial charge in [0.1, 0.15) is 5.82 Å². The lowest BCUT2D eigenvalue weighted by molar-refractivity contribution is -0.141. The number of hydrogen-bond donors (Lipinski definition) is 1. The molecule has 0 bridgehead atoms. The Morgan fingerprint density at radius 3 is 2.32 bits per heavy atom. The fraction of sp³-hybridized carbons (Fsp3) is 0.545. The van der Waals surface area contributed by atoms with Gasteiger partial charge in [-0.1, -0.05) is 0 Å². The first kappa shape index (κ1) is 13.6. The van der Waals surface area contributed by atoms with Crippen LogP contribution in [0.1, 0.15) is 18.5 Å². The quantitative estimate of drug-likeness (QED) is 0.879. The number of nitrogens with two attached hydrogens (primary N) is 1. The fourth-order valence-corrected chi connectivity index (χ4v) is 2.02. The molecule has 1 fully saturated rings. The van der Waals surface area contributed by atoms with Crippen LogP contribution in [-0.4, -0.2) is 29.0 Å². The van der Waals surface area contributed by atoms with Crippen LogP contribution in [0.3, 0.4) is 0 Å². The summed E-state index contributed by atoms with van der Waals surface area (Å²) in [7, 11) is 0. The summed E-state index contributed by atoms with van der Waals surface area (Å²) in [6, 6.07) is 0. The molecule has 0 unspecified atom stereocenters. The maximum absolute atomic E-state index is 12.3. The maximum Gasteiger partial charge on any atom is 0.434 e. The van der Waals surface area contributed by atoms with Gasteiger partial charge < -0.3 is 10.6 Å². The summed E-state index contributed by atoms with van der Waals surface area (Å²) >= 11 is 0. The van der Waals surface area contributed by atoms with E-state index in [9.17, 15) is 18.0 Å². The molecule has 1 amide bonds. The summed E-state index contributed by atoms with van der Waals surface area (Å²) in [6.45, 7) is 1.07. The van der Waals surface area contributed by atoms with E-state index in [4.69, 9.17) is 5.73 Å². The third-order valence-electron chi connectivity index (χ3n) is 3.15. The third-order valence-corrected chi connectivity index (χ3v) is 3.15. The van der Waals surface area contributed by atoms with Gasteiger partial charge in [-0.2, -0.15) is 13.2 Å². The Hall–Kier alpha value is -1.86. The van der Waals surface area contributed by atoms with Crippen molar-refractivity contribution in [3.05, 3.63) is 18.1 Å². The first-order valence-electron chi connectivity index (χ1n) is 5.81. The van der Waals surface area contributed by atoms with E-state index in [1.165, 1.54) is 0 Å². The molecule has 1 aromatic rings. The van der Waals surface area contributed by atoms with Crippen LogP contribution >= 0.6 is 0 Å². The number of rotatable bonds is 2. The zero-order chi connectivity index (χ0) is 14.0. The lowest BCUT2D eigenvalue weighted by Gasteiger charge is -2.31. The van der Waals surface area contributed by atoms with E-state index in [2.05, 4.69) is 9.97 Å². The maximum atomic E-state index is 12.3. The number of halogens is 3. The number of hydrogen-bond acceptors (Lipinski definition) is 4. The molecule has 1 aliphatic rings. The van der Waals surface area contributed by atoms with Gasteiger partial charge in [0.05, 0.1) is 12.4 Å². The second kappa shape index (κ2) is 5.02. The normalized spacial score (nSPS) is 17.5. The van der Waals surface area contributed by atoms with Gasteiger partial charge in [0.2, 0.25) is 5.91 Å². The van der Waals surface area contributed by atoms with Crippen molar-refractivity contribution in [1.29, 1.82) is 0 Å². The van der Waals surface area contributed by atoms with Crippen molar-refractivity contribution < 1.29 is 18.0 Å². The Balaban J connectivity index is 2.02. The zero-order valence-corrected chi connectivity index (χ0v) is 10.0. The van der Waals surface area contributed by atoms with Crippen LogP contribution in [0.2, 0.25) is 0 Å². The van der Waals surface area contributed by atoms with E-state index in [1.807, 2.05) is 0 Å². The predicted octanol–water partition coefficient (Wildman–Crippen LogP) is 1.20. The lowest BCUT2D eigenvalue weighted by atomic mass is 9.96. The number of anilines is 1. The van der Waals surface area contributed by atoms with Gasteiger partial charge in [-0.25, -0.2) is 9.97 Å². The van der Waals surface area contributed by atoms with Crippen molar-refractivity contribution in [2.24, 2.45) is 11.7 Å². The topological polar surface area (TPSA) is 72.1 Å². The van der Waals surface area contributed by atoms with E-state index < -0.39 is 11.9 Å². The van der Waals surface area contributed by atoms with E-state index >= 15 is 0 Å². The molecular formula is C11H13F3N4O. The molecule has 0 aromatic carbocycles. The average molecular weight is 274 g/mol. The SMILES string of the molecule is NC(=O)C1CCN(c2cnc(C(F)(F)F)cn2)CC1. The first-order valence-corrected chi connectivity index (χ1v) is 5.81. The van der Waals surface area contributed by atoms with Crippen molar-refractivity contribution in [2.45, 2.75) is 19.0 Å². The highest BCUT2D eigenvalue weighted by molar-refractivity contribution is 5.76. The molecule has 1 saturated heterocycles. The summed E-state index contributed by atoms with van der Waals surface area (Å²) in [5, 5.41) is 0. The number of primary amides is 1. The van der Waals surface area contributed by atoms with E-state index in [0.29, 0.717) is 31.7 Å². The highest BCUT2D eigenvalue weighted by Gasteiger charge is 2.33. The van der Waals surface area contributed by atoms with Crippen molar-refractivity contribution in [3.8, 4) is 0 Å². The van der Waals surface area contributed by atoms with Gasteiger partial charge in [-0.05, 0) is 12.8 Å². The molecule has 104 valence electrons.